The molecule has 0 saturated carbocycles. The lowest BCUT2D eigenvalue weighted by molar-refractivity contribution is 0.554. The molecule has 0 aliphatic rings. The molecule has 164 valence electrons. The van der Waals surface area contributed by atoms with Crippen molar-refractivity contribution in [1.82, 2.24) is 15.0 Å². The Morgan fingerprint density at radius 2 is 1.38 bits per heavy atom. The van der Waals surface area contributed by atoms with Gasteiger partial charge in [0.2, 0.25) is 5.95 Å². The summed E-state index contributed by atoms with van der Waals surface area (Å²) in [5, 5.41) is 3.30. The monoisotopic (exact) mass is 424 g/mol. The number of rotatable bonds is 8. The average molecular weight is 425 g/mol. The van der Waals surface area contributed by atoms with Gasteiger partial charge in [0, 0.05) is 22.2 Å². The molecular formula is C28H32N4. The van der Waals surface area contributed by atoms with Gasteiger partial charge in [-0.1, -0.05) is 105 Å². The van der Waals surface area contributed by atoms with Crippen molar-refractivity contribution >= 4 is 5.95 Å². The maximum Gasteiger partial charge on any atom is 0.231 e. The highest BCUT2D eigenvalue weighted by atomic mass is 15.2. The second-order valence-electron chi connectivity index (χ2n) is 8.66. The van der Waals surface area contributed by atoms with Crippen molar-refractivity contribution in [3.63, 3.8) is 0 Å². The summed E-state index contributed by atoms with van der Waals surface area (Å²) in [6.07, 6.45) is 5.33. The van der Waals surface area contributed by atoms with Crippen LogP contribution in [0.1, 0.15) is 41.0 Å². The number of hydrogen-bond donors (Lipinski definition) is 1. The number of nitrogens with one attached hydrogen (secondary N) is 1. The Kier molecular flexibility index (Phi) is 7.37. The van der Waals surface area contributed by atoms with E-state index in [9.17, 15) is 0 Å². The molecule has 4 nitrogen and oxygen atoms in total. The van der Waals surface area contributed by atoms with Crippen LogP contribution in [0.25, 0.3) is 22.8 Å². The van der Waals surface area contributed by atoms with E-state index in [1.54, 1.807) is 0 Å². The predicted molar refractivity (Wildman–Crippen MR) is 135 cm³/mol. The van der Waals surface area contributed by atoms with Crippen LogP contribution in [0.3, 0.4) is 0 Å². The van der Waals surface area contributed by atoms with Gasteiger partial charge in [0.15, 0.2) is 11.6 Å². The summed E-state index contributed by atoms with van der Waals surface area (Å²) >= 11 is 0. The van der Waals surface area contributed by atoms with Gasteiger partial charge in [-0.25, -0.2) is 4.98 Å². The van der Waals surface area contributed by atoms with E-state index in [1.165, 1.54) is 11.1 Å². The molecule has 0 aliphatic heterocycles. The second kappa shape index (κ2) is 10.2. The van der Waals surface area contributed by atoms with Crippen LogP contribution in [0.4, 0.5) is 5.95 Å². The molecule has 0 unspecified atom stereocenters. The number of aromatic nitrogens is 3. The lowest BCUT2D eigenvalue weighted by Gasteiger charge is -2.25. The van der Waals surface area contributed by atoms with E-state index in [2.05, 4.69) is 68.6 Å². The second-order valence-corrected chi connectivity index (χ2v) is 8.66. The first kappa shape index (κ1) is 23.1. The number of nitrogens with zero attached hydrogens (tertiary/aromatic N) is 3. The van der Waals surface area contributed by atoms with Crippen LogP contribution in [-0.2, 0) is 0 Å². The molecule has 0 saturated heterocycles. The number of anilines is 1. The molecular weight excluding hydrogens is 392 g/mol. The lowest BCUT2D eigenvalue weighted by atomic mass is 9.81. The van der Waals surface area contributed by atoms with E-state index in [-0.39, 0.29) is 5.41 Å². The van der Waals surface area contributed by atoms with Crippen LogP contribution in [-0.4, -0.2) is 15.0 Å². The first-order chi connectivity index (χ1) is 15.3. The topological polar surface area (TPSA) is 50.7 Å². The highest BCUT2D eigenvalue weighted by molar-refractivity contribution is 5.63. The zero-order valence-corrected chi connectivity index (χ0v) is 19.7. The zero-order valence-electron chi connectivity index (χ0n) is 19.7. The van der Waals surface area contributed by atoms with Crippen LogP contribution in [0.2, 0.25) is 0 Å². The van der Waals surface area contributed by atoms with E-state index in [4.69, 9.17) is 4.98 Å². The number of allylic oxidation sites excluding steroid dienone is 4. The molecule has 2 aromatic carbocycles. The van der Waals surface area contributed by atoms with Gasteiger partial charge in [-0.05, 0) is 26.3 Å². The van der Waals surface area contributed by atoms with E-state index in [1.807, 2.05) is 60.7 Å². The van der Waals surface area contributed by atoms with Crippen LogP contribution in [0.5, 0.6) is 0 Å². The first-order valence-corrected chi connectivity index (χ1v) is 11.0. The summed E-state index contributed by atoms with van der Waals surface area (Å²) in [5.74, 6) is 1.73. The predicted octanol–water partition coefficient (Wildman–Crippen LogP) is 7.46. The summed E-state index contributed by atoms with van der Waals surface area (Å²) in [6.45, 7) is 15.1. The highest BCUT2D eigenvalue weighted by Gasteiger charge is 2.19. The van der Waals surface area contributed by atoms with Crippen LogP contribution < -0.4 is 5.32 Å². The molecule has 3 rings (SSSR count). The minimum absolute atomic E-state index is 0.0539. The van der Waals surface area contributed by atoms with Crippen molar-refractivity contribution in [2.45, 2.75) is 41.0 Å². The van der Waals surface area contributed by atoms with E-state index >= 15 is 0 Å². The summed E-state index contributed by atoms with van der Waals surface area (Å²) in [5.41, 5.74) is 5.16. The van der Waals surface area contributed by atoms with Gasteiger partial charge < -0.3 is 5.32 Å². The Bertz CT molecular complexity index is 1060. The van der Waals surface area contributed by atoms with Crippen molar-refractivity contribution in [1.29, 1.82) is 0 Å². The maximum absolute atomic E-state index is 4.72. The minimum atomic E-state index is -0.0539. The van der Waals surface area contributed by atoms with Crippen molar-refractivity contribution in [3.05, 3.63) is 96.2 Å². The fourth-order valence-electron chi connectivity index (χ4n) is 3.81. The lowest BCUT2D eigenvalue weighted by Crippen LogP contribution is -2.13. The molecule has 4 heteroatoms. The molecule has 0 bridgehead atoms. The summed E-state index contributed by atoms with van der Waals surface area (Å²) in [4.78, 5) is 14.1. The van der Waals surface area contributed by atoms with Crippen molar-refractivity contribution in [2.24, 2.45) is 5.41 Å². The fraction of sp³-hybridized carbons (Fsp3) is 0.250. The summed E-state index contributed by atoms with van der Waals surface area (Å²) in [7, 11) is 0. The molecule has 0 atom stereocenters. The molecule has 32 heavy (non-hydrogen) atoms. The molecule has 0 aliphatic carbocycles. The average Bonchev–Trinajstić information content (AvgIpc) is 2.77. The molecule has 3 aromatic rings. The van der Waals surface area contributed by atoms with E-state index in [0.717, 1.165) is 23.2 Å². The highest BCUT2D eigenvalue weighted by Crippen LogP contribution is 2.32. The van der Waals surface area contributed by atoms with Crippen molar-refractivity contribution in [3.8, 4) is 22.8 Å². The largest absolute Gasteiger partial charge is 0.325 e. The van der Waals surface area contributed by atoms with Gasteiger partial charge in [0.05, 0.1) is 0 Å². The first-order valence-electron chi connectivity index (χ1n) is 11.0. The molecule has 0 fully saturated rings. The summed E-state index contributed by atoms with van der Waals surface area (Å²) < 4.78 is 0. The van der Waals surface area contributed by atoms with Crippen LogP contribution in [0, 0.1) is 5.41 Å². The Labute approximate surface area is 191 Å². The van der Waals surface area contributed by atoms with Gasteiger partial charge in [-0.3, -0.25) is 0 Å². The van der Waals surface area contributed by atoms with Crippen LogP contribution >= 0.6 is 0 Å². The molecule has 0 amide bonds. The third-order valence-electron chi connectivity index (χ3n) is 5.18. The van der Waals surface area contributed by atoms with Crippen molar-refractivity contribution < 1.29 is 0 Å². The third-order valence-corrected chi connectivity index (χ3v) is 5.18. The standard InChI is InChI=1S/C28H32N4/c1-7-24(28(5,6)19-20(2)3)18-21(4)29-27-31-25(22-14-10-8-11-15-22)30-26(32-27)23-16-12-9-13-17-23/h8-19H,4,7H2,1-3,5-6H3,(H,29,30,31,32)/b24-18+. The zero-order chi connectivity index (χ0) is 23.1. The quantitative estimate of drug-likeness (QED) is 0.301. The molecule has 0 spiro atoms. The molecule has 0 radical (unpaired) electrons. The molecule has 1 heterocycles. The fourth-order valence-corrected chi connectivity index (χ4v) is 3.81. The Hall–Kier alpha value is -3.53. The van der Waals surface area contributed by atoms with Gasteiger partial charge in [-0.2, -0.15) is 9.97 Å². The molecule has 1 aromatic heterocycles. The van der Waals surface area contributed by atoms with Crippen LogP contribution in [0.15, 0.2) is 96.2 Å². The van der Waals surface area contributed by atoms with E-state index in [0.29, 0.717) is 17.6 Å². The van der Waals surface area contributed by atoms with Crippen molar-refractivity contribution in [2.75, 3.05) is 5.32 Å². The Balaban J connectivity index is 1.98. The number of benzene rings is 2. The minimum Gasteiger partial charge on any atom is -0.325 e. The van der Waals surface area contributed by atoms with Gasteiger partial charge in [0.1, 0.15) is 0 Å². The SMILES string of the molecule is C=C(/C=C(\CC)C(C)(C)C=C(C)C)Nc1nc(-c2ccccc2)nc(-c2ccccc2)n1. The Morgan fingerprint density at radius 3 is 1.81 bits per heavy atom. The normalized spacial score (nSPS) is 11.7. The third kappa shape index (κ3) is 6.01. The maximum atomic E-state index is 4.72. The van der Waals surface area contributed by atoms with E-state index < -0.39 is 0 Å². The summed E-state index contributed by atoms with van der Waals surface area (Å²) in [6, 6.07) is 19.9. The molecule has 1 N–H and O–H groups in total. The van der Waals surface area contributed by atoms with Gasteiger partial charge >= 0.3 is 0 Å². The van der Waals surface area contributed by atoms with Gasteiger partial charge in [-0.15, -0.1) is 0 Å². The number of hydrogen-bond acceptors (Lipinski definition) is 4. The van der Waals surface area contributed by atoms with Gasteiger partial charge in [0.25, 0.3) is 0 Å². The smallest absolute Gasteiger partial charge is 0.231 e. The Morgan fingerprint density at radius 1 is 0.875 bits per heavy atom.